The van der Waals surface area contributed by atoms with E-state index in [0.717, 1.165) is 0 Å². The minimum Gasteiger partial charge on any atom is -0.493 e. The second kappa shape index (κ2) is 4.86. The number of nitrogens with zero attached hydrogens (tertiary/aromatic N) is 1. The summed E-state index contributed by atoms with van der Waals surface area (Å²) in [5.41, 5.74) is 0. The molecule has 0 aliphatic carbocycles. The molecule has 0 N–H and O–H groups in total. The fourth-order valence-corrected chi connectivity index (χ4v) is 2.08. The van der Waals surface area contributed by atoms with Gasteiger partial charge in [0.05, 0.1) is 25.2 Å². The van der Waals surface area contributed by atoms with Crippen molar-refractivity contribution in [3.8, 4) is 17.6 Å². The summed E-state index contributed by atoms with van der Waals surface area (Å²) < 4.78 is 33.1. The largest absolute Gasteiger partial charge is 0.493 e. The smallest absolute Gasteiger partial charge is 0.191 e. The minimum atomic E-state index is -3.56. The molecule has 0 bridgehead atoms. The summed E-state index contributed by atoms with van der Waals surface area (Å²) in [6.07, 6.45) is 0. The van der Waals surface area contributed by atoms with Crippen LogP contribution in [0.2, 0.25) is 0 Å². The summed E-state index contributed by atoms with van der Waals surface area (Å²) in [4.78, 5) is 0.0479. The molecule has 0 aromatic heterocycles. The lowest BCUT2D eigenvalue weighted by molar-refractivity contribution is 0.354. The van der Waals surface area contributed by atoms with Gasteiger partial charge >= 0.3 is 0 Å². The first kappa shape index (κ1) is 12.3. The van der Waals surface area contributed by atoms with Crippen molar-refractivity contribution in [2.24, 2.45) is 0 Å². The molecule has 0 radical (unpaired) electrons. The number of benzene rings is 1. The van der Waals surface area contributed by atoms with Crippen LogP contribution in [0.3, 0.4) is 0 Å². The number of ether oxygens (including phenoxy) is 2. The van der Waals surface area contributed by atoms with E-state index in [1.807, 2.05) is 0 Å². The molecule has 1 aromatic carbocycles. The van der Waals surface area contributed by atoms with Crippen molar-refractivity contribution in [1.29, 1.82) is 5.26 Å². The predicted octanol–water partition coefficient (Wildman–Crippen LogP) is 1.00. The molecule has 6 heteroatoms. The Kier molecular flexibility index (Phi) is 3.74. The van der Waals surface area contributed by atoms with Crippen LogP contribution in [0, 0.1) is 11.3 Å². The first-order valence-electron chi connectivity index (χ1n) is 4.37. The van der Waals surface area contributed by atoms with Gasteiger partial charge in [0.1, 0.15) is 5.75 Å². The Morgan fingerprint density at radius 1 is 1.25 bits per heavy atom. The van der Waals surface area contributed by atoms with Crippen molar-refractivity contribution in [2.45, 2.75) is 4.90 Å². The molecule has 0 saturated carbocycles. The SMILES string of the molecule is COc1ccc(S(=O)(=O)CC#N)cc1OC. The van der Waals surface area contributed by atoms with E-state index in [1.165, 1.54) is 32.4 Å². The van der Waals surface area contributed by atoms with Gasteiger partial charge in [-0.3, -0.25) is 0 Å². The summed E-state index contributed by atoms with van der Waals surface area (Å²) in [5, 5.41) is 8.41. The number of nitriles is 1. The second-order valence-corrected chi connectivity index (χ2v) is 4.92. The zero-order valence-electron chi connectivity index (χ0n) is 8.93. The molecule has 0 aliphatic heterocycles. The predicted molar refractivity (Wildman–Crippen MR) is 57.2 cm³/mol. The molecular formula is C10H11NO4S. The van der Waals surface area contributed by atoms with Crippen molar-refractivity contribution in [3.05, 3.63) is 18.2 Å². The van der Waals surface area contributed by atoms with Crippen LogP contribution in [0.25, 0.3) is 0 Å². The van der Waals surface area contributed by atoms with Gasteiger partial charge in [-0.05, 0) is 12.1 Å². The fraction of sp³-hybridized carbons (Fsp3) is 0.300. The average molecular weight is 241 g/mol. The molecule has 1 aromatic rings. The molecule has 1 rings (SSSR count). The molecule has 0 aliphatic rings. The van der Waals surface area contributed by atoms with Crippen LogP contribution >= 0.6 is 0 Å². The van der Waals surface area contributed by atoms with Crippen LogP contribution in [-0.4, -0.2) is 28.4 Å². The number of hydrogen-bond acceptors (Lipinski definition) is 5. The van der Waals surface area contributed by atoms with Gasteiger partial charge < -0.3 is 9.47 Å². The van der Waals surface area contributed by atoms with Crippen molar-refractivity contribution in [3.63, 3.8) is 0 Å². The summed E-state index contributed by atoms with van der Waals surface area (Å²) in [6.45, 7) is 0. The highest BCUT2D eigenvalue weighted by Crippen LogP contribution is 2.29. The van der Waals surface area contributed by atoms with E-state index in [2.05, 4.69) is 0 Å². The standard InChI is InChI=1S/C10H11NO4S/c1-14-9-4-3-8(7-10(9)15-2)16(12,13)6-5-11/h3-4,7H,6H2,1-2H3. The maximum Gasteiger partial charge on any atom is 0.191 e. The van der Waals surface area contributed by atoms with Gasteiger partial charge in [-0.2, -0.15) is 5.26 Å². The first-order chi connectivity index (χ1) is 7.55. The average Bonchev–Trinajstić information content (AvgIpc) is 2.28. The molecule has 5 nitrogen and oxygen atoms in total. The van der Waals surface area contributed by atoms with E-state index >= 15 is 0 Å². The molecule has 0 unspecified atom stereocenters. The van der Waals surface area contributed by atoms with Gasteiger partial charge in [-0.25, -0.2) is 8.42 Å². The molecule has 0 atom stereocenters. The van der Waals surface area contributed by atoms with Gasteiger partial charge in [0.15, 0.2) is 21.3 Å². The zero-order valence-corrected chi connectivity index (χ0v) is 9.74. The Labute approximate surface area is 94.1 Å². The van der Waals surface area contributed by atoms with E-state index in [-0.39, 0.29) is 4.90 Å². The lowest BCUT2D eigenvalue weighted by Crippen LogP contribution is -2.05. The van der Waals surface area contributed by atoms with Gasteiger partial charge in [-0.15, -0.1) is 0 Å². The topological polar surface area (TPSA) is 76.4 Å². The normalized spacial score (nSPS) is 10.6. The van der Waals surface area contributed by atoms with E-state index in [4.69, 9.17) is 14.7 Å². The second-order valence-electron chi connectivity index (χ2n) is 2.93. The van der Waals surface area contributed by atoms with E-state index < -0.39 is 15.6 Å². The number of methoxy groups -OCH3 is 2. The quantitative estimate of drug-likeness (QED) is 0.786. The molecule has 0 heterocycles. The van der Waals surface area contributed by atoms with E-state index in [1.54, 1.807) is 6.07 Å². The first-order valence-corrected chi connectivity index (χ1v) is 6.02. The summed E-state index contributed by atoms with van der Waals surface area (Å²) in [6, 6.07) is 5.82. The van der Waals surface area contributed by atoms with Crippen LogP contribution < -0.4 is 9.47 Å². The van der Waals surface area contributed by atoms with Crippen LogP contribution in [0.4, 0.5) is 0 Å². The lowest BCUT2D eigenvalue weighted by Gasteiger charge is -2.08. The Morgan fingerprint density at radius 3 is 2.38 bits per heavy atom. The van der Waals surface area contributed by atoms with Gasteiger partial charge in [0, 0.05) is 6.07 Å². The van der Waals surface area contributed by atoms with Crippen molar-refractivity contribution in [1.82, 2.24) is 0 Å². The van der Waals surface area contributed by atoms with Crippen LogP contribution in [0.5, 0.6) is 11.5 Å². The van der Waals surface area contributed by atoms with E-state index in [0.29, 0.717) is 11.5 Å². The highest BCUT2D eigenvalue weighted by atomic mass is 32.2. The Hall–Kier alpha value is -1.74. The molecule has 0 fully saturated rings. The molecule has 16 heavy (non-hydrogen) atoms. The van der Waals surface area contributed by atoms with Crippen LogP contribution in [0.15, 0.2) is 23.1 Å². The number of rotatable bonds is 4. The van der Waals surface area contributed by atoms with Gasteiger partial charge in [-0.1, -0.05) is 0 Å². The Morgan fingerprint density at radius 2 is 1.88 bits per heavy atom. The van der Waals surface area contributed by atoms with Gasteiger partial charge in [0.2, 0.25) is 0 Å². The summed E-state index contributed by atoms with van der Waals surface area (Å²) >= 11 is 0. The third kappa shape index (κ3) is 2.44. The third-order valence-electron chi connectivity index (χ3n) is 1.97. The molecule has 0 saturated heterocycles. The summed E-state index contributed by atoms with van der Waals surface area (Å²) in [5.74, 6) is 0.211. The highest BCUT2D eigenvalue weighted by molar-refractivity contribution is 7.91. The zero-order chi connectivity index (χ0) is 12.2. The number of sulfone groups is 1. The fourth-order valence-electron chi connectivity index (χ4n) is 1.18. The Balaban J connectivity index is 3.24. The van der Waals surface area contributed by atoms with Crippen molar-refractivity contribution >= 4 is 9.84 Å². The van der Waals surface area contributed by atoms with Crippen molar-refractivity contribution in [2.75, 3.05) is 20.0 Å². The monoisotopic (exact) mass is 241 g/mol. The highest BCUT2D eigenvalue weighted by Gasteiger charge is 2.16. The van der Waals surface area contributed by atoms with Crippen LogP contribution in [-0.2, 0) is 9.84 Å². The van der Waals surface area contributed by atoms with E-state index in [9.17, 15) is 8.42 Å². The van der Waals surface area contributed by atoms with Gasteiger partial charge in [0.25, 0.3) is 0 Å². The number of hydrogen-bond donors (Lipinski definition) is 0. The maximum absolute atomic E-state index is 11.6. The third-order valence-corrected chi connectivity index (χ3v) is 3.45. The Bertz CT molecular complexity index is 516. The lowest BCUT2D eigenvalue weighted by atomic mass is 10.3. The van der Waals surface area contributed by atoms with Crippen LogP contribution in [0.1, 0.15) is 0 Å². The van der Waals surface area contributed by atoms with Crippen molar-refractivity contribution < 1.29 is 17.9 Å². The maximum atomic E-state index is 11.6. The molecule has 86 valence electrons. The molecular weight excluding hydrogens is 230 g/mol. The molecule has 0 spiro atoms. The minimum absolute atomic E-state index is 0.0479. The summed E-state index contributed by atoms with van der Waals surface area (Å²) in [7, 11) is -0.690. The molecule has 0 amide bonds.